The second-order valence-electron chi connectivity index (χ2n) is 8.68. The Kier molecular flexibility index (Phi) is 6.99. The summed E-state index contributed by atoms with van der Waals surface area (Å²) < 4.78 is 66.5. The van der Waals surface area contributed by atoms with Crippen LogP contribution in [-0.4, -0.2) is 31.4 Å². The molecule has 4 rings (SSSR count). The molecule has 38 heavy (non-hydrogen) atoms. The molecule has 0 aliphatic heterocycles. The van der Waals surface area contributed by atoms with Gasteiger partial charge in [-0.1, -0.05) is 24.3 Å². The molecule has 4 aromatic rings. The average Bonchev–Trinajstić information content (AvgIpc) is 3.24. The Bertz CT molecular complexity index is 1490. The molecular weight excluding hydrogens is 510 g/mol. The van der Waals surface area contributed by atoms with Crippen molar-refractivity contribution in [2.45, 2.75) is 31.7 Å². The van der Waals surface area contributed by atoms with Gasteiger partial charge in [-0.15, -0.1) is 0 Å². The molecule has 2 N–H and O–H groups in total. The third kappa shape index (κ3) is 5.53. The van der Waals surface area contributed by atoms with Gasteiger partial charge in [-0.25, -0.2) is 23.6 Å². The van der Waals surface area contributed by atoms with Gasteiger partial charge in [0.05, 0.1) is 11.3 Å². The minimum absolute atomic E-state index is 0.118. The monoisotopic (exact) mass is 531 g/mol. The first kappa shape index (κ1) is 26.5. The van der Waals surface area contributed by atoms with Gasteiger partial charge in [0.15, 0.2) is 17.5 Å². The Morgan fingerprint density at radius 2 is 1.58 bits per heavy atom. The SMILES string of the molecule is CC(C)(Oc1ccc(OC(c2ccc(C(F)(F)F)cc2)c2n[nH]c(=O)n2-c2ccccc2F)cc1)C(=O)O. The molecule has 1 unspecified atom stereocenters. The summed E-state index contributed by atoms with van der Waals surface area (Å²) in [6.45, 7) is 2.75. The summed E-state index contributed by atoms with van der Waals surface area (Å²) in [6, 6.07) is 15.3. The van der Waals surface area contributed by atoms with Crippen molar-refractivity contribution in [2.75, 3.05) is 0 Å². The van der Waals surface area contributed by atoms with Crippen molar-refractivity contribution in [3.8, 4) is 17.2 Å². The molecule has 0 amide bonds. The molecule has 1 aromatic heterocycles. The van der Waals surface area contributed by atoms with Crippen molar-refractivity contribution in [1.29, 1.82) is 0 Å². The number of hydrogen-bond donors (Lipinski definition) is 2. The van der Waals surface area contributed by atoms with Crippen LogP contribution in [0.25, 0.3) is 5.69 Å². The summed E-state index contributed by atoms with van der Waals surface area (Å²) >= 11 is 0. The van der Waals surface area contributed by atoms with E-state index < -0.39 is 40.9 Å². The maximum atomic E-state index is 14.6. The summed E-state index contributed by atoms with van der Waals surface area (Å²) in [7, 11) is 0. The highest BCUT2D eigenvalue weighted by atomic mass is 19.4. The second-order valence-corrected chi connectivity index (χ2v) is 8.68. The number of hydrogen-bond acceptors (Lipinski definition) is 5. The zero-order valence-electron chi connectivity index (χ0n) is 20.0. The van der Waals surface area contributed by atoms with Crippen LogP contribution >= 0.6 is 0 Å². The zero-order valence-corrected chi connectivity index (χ0v) is 20.0. The maximum Gasteiger partial charge on any atom is 0.416 e. The van der Waals surface area contributed by atoms with Crippen LogP contribution in [0, 0.1) is 5.82 Å². The number of carboxylic acids is 1. The molecule has 0 bridgehead atoms. The third-order valence-electron chi connectivity index (χ3n) is 5.53. The summed E-state index contributed by atoms with van der Waals surface area (Å²) in [5, 5.41) is 15.5. The predicted octanol–water partition coefficient (Wildman–Crippen LogP) is 5.13. The summed E-state index contributed by atoms with van der Waals surface area (Å²) in [5.74, 6) is -1.62. The van der Waals surface area contributed by atoms with E-state index in [1.165, 1.54) is 68.4 Å². The number of alkyl halides is 3. The Morgan fingerprint density at radius 3 is 2.16 bits per heavy atom. The number of ether oxygens (including phenoxy) is 2. The fraction of sp³-hybridized carbons (Fsp3) is 0.192. The van der Waals surface area contributed by atoms with E-state index in [9.17, 15) is 32.3 Å². The predicted molar refractivity (Wildman–Crippen MR) is 127 cm³/mol. The topological polar surface area (TPSA) is 106 Å². The number of aliphatic carboxylic acids is 1. The number of para-hydroxylation sites is 1. The number of aromatic nitrogens is 3. The van der Waals surface area contributed by atoms with Gasteiger partial charge in [-0.3, -0.25) is 0 Å². The fourth-order valence-corrected chi connectivity index (χ4v) is 3.53. The molecule has 12 heteroatoms. The van der Waals surface area contributed by atoms with Gasteiger partial charge in [0, 0.05) is 5.56 Å². The average molecular weight is 531 g/mol. The van der Waals surface area contributed by atoms with Gasteiger partial charge < -0.3 is 14.6 Å². The van der Waals surface area contributed by atoms with E-state index in [1.54, 1.807) is 0 Å². The quantitative estimate of drug-likeness (QED) is 0.306. The maximum absolute atomic E-state index is 14.6. The van der Waals surface area contributed by atoms with Crippen LogP contribution < -0.4 is 15.2 Å². The van der Waals surface area contributed by atoms with Crippen molar-refractivity contribution < 1.29 is 36.9 Å². The molecule has 0 fully saturated rings. The largest absolute Gasteiger partial charge is 0.478 e. The van der Waals surface area contributed by atoms with Gasteiger partial charge in [0.2, 0.25) is 0 Å². The number of halogens is 4. The van der Waals surface area contributed by atoms with E-state index in [2.05, 4.69) is 10.2 Å². The lowest BCUT2D eigenvalue weighted by atomic mass is 10.1. The normalized spacial score (nSPS) is 12.7. The van der Waals surface area contributed by atoms with Gasteiger partial charge in [0.25, 0.3) is 0 Å². The highest BCUT2D eigenvalue weighted by Gasteiger charge is 2.32. The van der Waals surface area contributed by atoms with Crippen LogP contribution in [0.5, 0.6) is 11.5 Å². The van der Waals surface area contributed by atoms with Crippen molar-refractivity contribution in [3.05, 3.63) is 106 Å². The number of aromatic amines is 1. The lowest BCUT2D eigenvalue weighted by molar-refractivity contribution is -0.152. The molecule has 1 atom stereocenters. The van der Waals surface area contributed by atoms with Crippen molar-refractivity contribution in [2.24, 2.45) is 0 Å². The zero-order chi connectivity index (χ0) is 27.7. The summed E-state index contributed by atoms with van der Waals surface area (Å²) in [5.41, 5.74) is -3.12. The first-order valence-corrected chi connectivity index (χ1v) is 11.2. The van der Waals surface area contributed by atoms with Crippen LogP contribution in [0.15, 0.2) is 77.6 Å². The molecule has 8 nitrogen and oxygen atoms in total. The van der Waals surface area contributed by atoms with Crippen molar-refractivity contribution in [1.82, 2.24) is 14.8 Å². The highest BCUT2D eigenvalue weighted by molar-refractivity contribution is 5.76. The Hall–Kier alpha value is -4.61. The van der Waals surface area contributed by atoms with E-state index in [-0.39, 0.29) is 28.6 Å². The smallest absolute Gasteiger partial charge is 0.416 e. The standard InChI is InChI=1S/C26H21F4N3O5/c1-25(2,23(34)35)38-18-13-11-17(12-14-18)37-21(15-7-9-16(10-8-15)26(28,29)30)22-31-32-24(36)33(22)20-6-4-3-5-19(20)27/h3-14,21H,1-2H3,(H,32,36)(H,34,35). The molecular formula is C26H21F4N3O5. The molecule has 0 spiro atoms. The lowest BCUT2D eigenvalue weighted by Gasteiger charge is -2.22. The fourth-order valence-electron chi connectivity index (χ4n) is 3.53. The highest BCUT2D eigenvalue weighted by Crippen LogP contribution is 2.33. The molecule has 0 radical (unpaired) electrons. The van der Waals surface area contributed by atoms with Gasteiger partial charge >= 0.3 is 17.8 Å². The molecule has 198 valence electrons. The van der Waals surface area contributed by atoms with Gasteiger partial charge in [0.1, 0.15) is 17.3 Å². The Labute approximate surface area is 213 Å². The molecule has 0 saturated heterocycles. The van der Waals surface area contributed by atoms with E-state index in [4.69, 9.17) is 9.47 Å². The van der Waals surface area contributed by atoms with Crippen molar-refractivity contribution in [3.63, 3.8) is 0 Å². The van der Waals surface area contributed by atoms with E-state index in [1.807, 2.05) is 0 Å². The van der Waals surface area contributed by atoms with E-state index in [0.29, 0.717) is 0 Å². The van der Waals surface area contributed by atoms with Crippen LogP contribution in [0.1, 0.15) is 36.9 Å². The van der Waals surface area contributed by atoms with Crippen LogP contribution in [0.4, 0.5) is 17.6 Å². The Morgan fingerprint density at radius 1 is 0.974 bits per heavy atom. The number of H-pyrrole nitrogens is 1. The third-order valence-corrected chi connectivity index (χ3v) is 5.53. The number of nitrogens with one attached hydrogen (secondary N) is 1. The minimum Gasteiger partial charge on any atom is -0.478 e. The molecule has 0 aliphatic rings. The van der Waals surface area contributed by atoms with Crippen LogP contribution in [0.2, 0.25) is 0 Å². The van der Waals surface area contributed by atoms with E-state index in [0.717, 1.165) is 22.8 Å². The van der Waals surface area contributed by atoms with Gasteiger partial charge in [-0.2, -0.15) is 18.3 Å². The molecule has 1 heterocycles. The number of carboxylic acid groups (broad SMARTS) is 1. The first-order valence-electron chi connectivity index (χ1n) is 11.2. The number of rotatable bonds is 8. The number of carbonyl (C=O) groups is 1. The van der Waals surface area contributed by atoms with Gasteiger partial charge in [-0.05, 0) is 62.4 Å². The number of nitrogens with zero attached hydrogens (tertiary/aromatic N) is 2. The second kappa shape index (κ2) is 10.0. The lowest BCUT2D eigenvalue weighted by Crippen LogP contribution is -2.37. The Balaban J connectivity index is 1.76. The van der Waals surface area contributed by atoms with Crippen molar-refractivity contribution >= 4 is 5.97 Å². The molecule has 0 aliphatic carbocycles. The van der Waals surface area contributed by atoms with Crippen LogP contribution in [0.3, 0.4) is 0 Å². The minimum atomic E-state index is -4.57. The number of benzene rings is 3. The molecule has 0 saturated carbocycles. The molecule has 3 aromatic carbocycles. The van der Waals surface area contributed by atoms with E-state index >= 15 is 0 Å². The van der Waals surface area contributed by atoms with Crippen LogP contribution in [-0.2, 0) is 11.0 Å². The first-order chi connectivity index (χ1) is 17.9. The summed E-state index contributed by atoms with van der Waals surface area (Å²) in [4.78, 5) is 23.9. The summed E-state index contributed by atoms with van der Waals surface area (Å²) in [6.07, 6.45) is -5.83.